The third-order valence-corrected chi connectivity index (χ3v) is 3.61. The lowest BCUT2D eigenvalue weighted by Gasteiger charge is -2.31. The molecular weight excluding hydrogens is 186 g/mol. The van der Waals surface area contributed by atoms with Gasteiger partial charge in [0.2, 0.25) is 0 Å². The lowest BCUT2D eigenvalue weighted by atomic mass is 9.81. The summed E-state index contributed by atoms with van der Waals surface area (Å²) in [6.07, 6.45) is 1.07. The Kier molecular flexibility index (Phi) is 2.81. The molecule has 1 aromatic carbocycles. The lowest BCUT2D eigenvalue weighted by molar-refractivity contribution is -0.00841. The van der Waals surface area contributed by atoms with Crippen LogP contribution < -0.4 is 5.73 Å². The Morgan fingerprint density at radius 3 is 2.87 bits per heavy atom. The second kappa shape index (κ2) is 3.95. The number of hydrogen-bond donors (Lipinski definition) is 1. The van der Waals surface area contributed by atoms with Crippen molar-refractivity contribution < 1.29 is 4.74 Å². The first-order chi connectivity index (χ1) is 7.18. The Balaban J connectivity index is 2.40. The van der Waals surface area contributed by atoms with Gasteiger partial charge >= 0.3 is 0 Å². The topological polar surface area (TPSA) is 35.2 Å². The highest BCUT2D eigenvalue weighted by atomic mass is 16.5. The van der Waals surface area contributed by atoms with Crippen molar-refractivity contribution in [2.24, 2.45) is 11.7 Å². The molecule has 1 heterocycles. The molecule has 2 atom stereocenters. The van der Waals surface area contributed by atoms with Crippen LogP contribution in [0.4, 0.5) is 0 Å². The molecule has 2 nitrogen and oxygen atoms in total. The summed E-state index contributed by atoms with van der Waals surface area (Å²) in [6, 6.07) is 8.43. The van der Waals surface area contributed by atoms with E-state index < -0.39 is 0 Å². The van der Waals surface area contributed by atoms with E-state index in [0.717, 1.165) is 13.0 Å². The predicted octanol–water partition coefficient (Wildman–Crippen LogP) is 2.21. The summed E-state index contributed by atoms with van der Waals surface area (Å²) >= 11 is 0. The number of benzene rings is 1. The van der Waals surface area contributed by atoms with Crippen LogP contribution in [-0.4, -0.2) is 13.2 Å². The van der Waals surface area contributed by atoms with E-state index in [4.69, 9.17) is 10.5 Å². The smallest absolute Gasteiger partial charge is 0.0946 e. The maximum Gasteiger partial charge on any atom is 0.0946 e. The summed E-state index contributed by atoms with van der Waals surface area (Å²) in [5.41, 5.74) is 8.22. The SMILES string of the molecule is Cc1ccccc1C1(C)OCCC1CN. The fourth-order valence-corrected chi connectivity index (χ4v) is 2.58. The van der Waals surface area contributed by atoms with E-state index in [2.05, 4.69) is 38.1 Å². The molecule has 2 rings (SSSR count). The van der Waals surface area contributed by atoms with E-state index in [-0.39, 0.29) is 5.60 Å². The van der Waals surface area contributed by atoms with Crippen molar-refractivity contribution >= 4 is 0 Å². The molecule has 2 N–H and O–H groups in total. The van der Waals surface area contributed by atoms with E-state index >= 15 is 0 Å². The van der Waals surface area contributed by atoms with Gasteiger partial charge in [-0.2, -0.15) is 0 Å². The molecule has 1 saturated heterocycles. The first-order valence-corrected chi connectivity index (χ1v) is 5.58. The third kappa shape index (κ3) is 1.68. The second-order valence-electron chi connectivity index (χ2n) is 4.49. The standard InChI is InChI=1S/C13H19NO/c1-10-5-3-4-6-12(10)13(2)11(9-14)7-8-15-13/h3-6,11H,7-9,14H2,1-2H3. The van der Waals surface area contributed by atoms with Gasteiger partial charge in [0.05, 0.1) is 5.60 Å². The monoisotopic (exact) mass is 205 g/mol. The van der Waals surface area contributed by atoms with Crippen molar-refractivity contribution in [1.29, 1.82) is 0 Å². The predicted molar refractivity (Wildman–Crippen MR) is 61.6 cm³/mol. The minimum atomic E-state index is -0.180. The van der Waals surface area contributed by atoms with Gasteiger partial charge in [0.25, 0.3) is 0 Å². The van der Waals surface area contributed by atoms with Crippen LogP contribution in [0.2, 0.25) is 0 Å². The largest absolute Gasteiger partial charge is 0.370 e. The second-order valence-corrected chi connectivity index (χ2v) is 4.49. The zero-order valence-electron chi connectivity index (χ0n) is 9.49. The van der Waals surface area contributed by atoms with E-state index in [1.54, 1.807) is 0 Å². The first-order valence-electron chi connectivity index (χ1n) is 5.58. The molecule has 15 heavy (non-hydrogen) atoms. The van der Waals surface area contributed by atoms with Crippen molar-refractivity contribution in [1.82, 2.24) is 0 Å². The van der Waals surface area contributed by atoms with Crippen LogP contribution in [0.3, 0.4) is 0 Å². The molecule has 0 aliphatic carbocycles. The average Bonchev–Trinajstić information content (AvgIpc) is 2.61. The summed E-state index contributed by atoms with van der Waals surface area (Å²) in [5.74, 6) is 0.443. The van der Waals surface area contributed by atoms with Gasteiger partial charge in [0.15, 0.2) is 0 Å². The quantitative estimate of drug-likeness (QED) is 0.803. The number of nitrogens with two attached hydrogens (primary N) is 1. The normalized spacial score (nSPS) is 30.7. The zero-order chi connectivity index (χ0) is 10.9. The van der Waals surface area contributed by atoms with E-state index in [1.807, 2.05) is 0 Å². The van der Waals surface area contributed by atoms with Crippen molar-refractivity contribution in [2.45, 2.75) is 25.9 Å². The van der Waals surface area contributed by atoms with Crippen molar-refractivity contribution in [3.8, 4) is 0 Å². The van der Waals surface area contributed by atoms with Gasteiger partial charge in [-0.3, -0.25) is 0 Å². The molecule has 1 aliphatic heterocycles. The first kappa shape index (κ1) is 10.7. The molecule has 0 saturated carbocycles. The highest BCUT2D eigenvalue weighted by Crippen LogP contribution is 2.41. The number of aryl methyl sites for hydroxylation is 1. The molecule has 2 unspecified atom stereocenters. The van der Waals surface area contributed by atoms with Crippen molar-refractivity contribution in [2.75, 3.05) is 13.2 Å². The van der Waals surface area contributed by atoms with Gasteiger partial charge in [0.1, 0.15) is 0 Å². The molecule has 1 fully saturated rings. The lowest BCUT2D eigenvalue weighted by Crippen LogP contribution is -2.34. The van der Waals surface area contributed by atoms with E-state index in [1.165, 1.54) is 11.1 Å². The molecule has 0 radical (unpaired) electrons. The van der Waals surface area contributed by atoms with Gasteiger partial charge in [0, 0.05) is 12.5 Å². The zero-order valence-corrected chi connectivity index (χ0v) is 9.49. The third-order valence-electron chi connectivity index (χ3n) is 3.61. The summed E-state index contributed by atoms with van der Waals surface area (Å²) < 4.78 is 5.93. The van der Waals surface area contributed by atoms with Gasteiger partial charge < -0.3 is 10.5 Å². The Morgan fingerprint density at radius 1 is 1.47 bits per heavy atom. The van der Waals surface area contributed by atoms with Crippen LogP contribution in [0.15, 0.2) is 24.3 Å². The van der Waals surface area contributed by atoms with Crippen LogP contribution >= 0.6 is 0 Å². The minimum absolute atomic E-state index is 0.180. The highest BCUT2D eigenvalue weighted by molar-refractivity contribution is 5.32. The van der Waals surface area contributed by atoms with Gasteiger partial charge in [-0.25, -0.2) is 0 Å². The number of hydrogen-bond acceptors (Lipinski definition) is 2. The van der Waals surface area contributed by atoms with Crippen LogP contribution in [0.1, 0.15) is 24.5 Å². The fraction of sp³-hybridized carbons (Fsp3) is 0.538. The Hall–Kier alpha value is -0.860. The van der Waals surface area contributed by atoms with Crippen LogP contribution in [0.5, 0.6) is 0 Å². The van der Waals surface area contributed by atoms with Gasteiger partial charge in [-0.1, -0.05) is 24.3 Å². The molecule has 0 amide bonds. The summed E-state index contributed by atoms with van der Waals surface area (Å²) in [6.45, 7) is 5.83. The molecule has 2 heteroatoms. The molecule has 0 bridgehead atoms. The molecular formula is C13H19NO. The molecule has 1 aliphatic rings. The van der Waals surface area contributed by atoms with Gasteiger partial charge in [-0.05, 0) is 37.9 Å². The average molecular weight is 205 g/mol. The van der Waals surface area contributed by atoms with E-state index in [9.17, 15) is 0 Å². The van der Waals surface area contributed by atoms with Crippen LogP contribution in [0, 0.1) is 12.8 Å². The Bertz CT molecular complexity index is 350. The summed E-state index contributed by atoms with van der Waals surface area (Å²) in [7, 11) is 0. The van der Waals surface area contributed by atoms with Crippen molar-refractivity contribution in [3.63, 3.8) is 0 Å². The summed E-state index contributed by atoms with van der Waals surface area (Å²) in [5, 5.41) is 0. The number of rotatable bonds is 2. The molecule has 0 spiro atoms. The Labute approximate surface area is 91.4 Å². The number of ether oxygens (including phenoxy) is 1. The minimum Gasteiger partial charge on any atom is -0.370 e. The maximum absolute atomic E-state index is 5.93. The maximum atomic E-state index is 5.93. The highest BCUT2D eigenvalue weighted by Gasteiger charge is 2.41. The molecule has 1 aromatic rings. The molecule has 0 aromatic heterocycles. The molecule has 82 valence electrons. The van der Waals surface area contributed by atoms with E-state index in [0.29, 0.717) is 12.5 Å². The van der Waals surface area contributed by atoms with Crippen LogP contribution in [0.25, 0.3) is 0 Å². The Morgan fingerprint density at radius 2 is 2.20 bits per heavy atom. The van der Waals surface area contributed by atoms with Gasteiger partial charge in [-0.15, -0.1) is 0 Å². The van der Waals surface area contributed by atoms with Crippen molar-refractivity contribution in [3.05, 3.63) is 35.4 Å². The summed E-state index contributed by atoms with van der Waals surface area (Å²) in [4.78, 5) is 0. The van der Waals surface area contributed by atoms with Crippen LogP contribution in [-0.2, 0) is 10.3 Å². The fourth-order valence-electron chi connectivity index (χ4n) is 2.58.